The van der Waals surface area contributed by atoms with Gasteiger partial charge in [-0.25, -0.2) is 0 Å². The van der Waals surface area contributed by atoms with Gasteiger partial charge in [-0.05, 0) is 76.5 Å². The number of hydrogen-bond donors (Lipinski definition) is 1. The standard InChI is InChI=1S/C30H24N2O4S/c1-20-6-4-10-24(16-20)31-28(33)19-36-25-14-12-21(13-15-25)17-27-29(34)32(30(35)37-27)18-23-9-5-8-22-7-2-3-11-26(22)23/h2-17H,18-19H2,1H3,(H,31,33)/b27-17-. The molecule has 1 N–H and O–H groups in total. The number of rotatable bonds is 7. The van der Waals surface area contributed by atoms with Crippen LogP contribution in [0.2, 0.25) is 0 Å². The molecule has 1 aliphatic heterocycles. The minimum absolute atomic E-state index is 0.125. The molecule has 7 heteroatoms. The second kappa shape index (κ2) is 10.7. The number of carbonyl (C=O) groups is 3. The van der Waals surface area contributed by atoms with E-state index < -0.39 is 0 Å². The smallest absolute Gasteiger partial charge is 0.293 e. The van der Waals surface area contributed by atoms with Gasteiger partial charge in [-0.1, -0.05) is 66.7 Å². The Balaban J connectivity index is 1.21. The summed E-state index contributed by atoms with van der Waals surface area (Å²) in [5, 5.41) is 4.61. The third-order valence-electron chi connectivity index (χ3n) is 5.93. The highest BCUT2D eigenvalue weighted by atomic mass is 32.2. The lowest BCUT2D eigenvalue weighted by molar-refractivity contribution is -0.123. The minimum atomic E-state index is -0.309. The molecular formula is C30H24N2O4S. The van der Waals surface area contributed by atoms with Crippen LogP contribution >= 0.6 is 11.8 Å². The van der Waals surface area contributed by atoms with Crippen molar-refractivity contribution in [1.82, 2.24) is 4.90 Å². The predicted molar refractivity (Wildman–Crippen MR) is 147 cm³/mol. The van der Waals surface area contributed by atoms with E-state index in [-0.39, 0.29) is 30.2 Å². The van der Waals surface area contributed by atoms with Gasteiger partial charge in [0.2, 0.25) is 0 Å². The van der Waals surface area contributed by atoms with Crippen molar-refractivity contribution in [3.8, 4) is 5.75 Å². The Labute approximate surface area is 218 Å². The Bertz CT molecular complexity index is 1520. The third-order valence-corrected chi connectivity index (χ3v) is 6.84. The number of anilines is 1. The van der Waals surface area contributed by atoms with Crippen LogP contribution in [0.5, 0.6) is 5.75 Å². The molecule has 0 atom stereocenters. The first kappa shape index (κ1) is 24.3. The van der Waals surface area contributed by atoms with E-state index in [2.05, 4.69) is 5.32 Å². The summed E-state index contributed by atoms with van der Waals surface area (Å²) in [6.45, 7) is 2.06. The van der Waals surface area contributed by atoms with Gasteiger partial charge in [-0.2, -0.15) is 0 Å². The van der Waals surface area contributed by atoms with Crippen LogP contribution in [0, 0.1) is 6.92 Å². The molecule has 0 unspecified atom stereocenters. The van der Waals surface area contributed by atoms with Crippen LogP contribution in [-0.4, -0.2) is 28.6 Å². The first-order valence-corrected chi connectivity index (χ1v) is 12.6. The number of nitrogens with one attached hydrogen (secondary N) is 1. The van der Waals surface area contributed by atoms with Gasteiger partial charge in [0.25, 0.3) is 17.1 Å². The number of fused-ring (bicyclic) bond motifs is 1. The second-order valence-electron chi connectivity index (χ2n) is 8.68. The van der Waals surface area contributed by atoms with E-state index in [1.807, 2.05) is 73.7 Å². The number of imide groups is 1. The number of nitrogens with zero attached hydrogens (tertiary/aromatic N) is 1. The van der Waals surface area contributed by atoms with Crippen LogP contribution in [-0.2, 0) is 16.1 Å². The van der Waals surface area contributed by atoms with Crippen molar-refractivity contribution in [2.24, 2.45) is 0 Å². The first-order valence-electron chi connectivity index (χ1n) is 11.8. The molecule has 6 nitrogen and oxygen atoms in total. The highest BCUT2D eigenvalue weighted by Gasteiger charge is 2.35. The number of carbonyl (C=O) groups excluding carboxylic acids is 3. The topological polar surface area (TPSA) is 75.7 Å². The van der Waals surface area contributed by atoms with E-state index in [1.165, 1.54) is 4.90 Å². The van der Waals surface area contributed by atoms with Gasteiger partial charge in [0.1, 0.15) is 5.75 Å². The van der Waals surface area contributed by atoms with Crippen molar-refractivity contribution in [3.63, 3.8) is 0 Å². The molecule has 184 valence electrons. The fourth-order valence-electron chi connectivity index (χ4n) is 4.12. The molecule has 0 saturated carbocycles. The predicted octanol–water partition coefficient (Wildman–Crippen LogP) is 6.40. The average Bonchev–Trinajstić information content (AvgIpc) is 3.16. The summed E-state index contributed by atoms with van der Waals surface area (Å²) >= 11 is 0.936. The molecular weight excluding hydrogens is 484 g/mol. The van der Waals surface area contributed by atoms with Crippen LogP contribution in [0.3, 0.4) is 0 Å². The Morgan fingerprint density at radius 2 is 1.70 bits per heavy atom. The van der Waals surface area contributed by atoms with Crippen molar-refractivity contribution in [2.75, 3.05) is 11.9 Å². The van der Waals surface area contributed by atoms with E-state index >= 15 is 0 Å². The van der Waals surface area contributed by atoms with Gasteiger partial charge < -0.3 is 10.1 Å². The maximum atomic E-state index is 13.0. The summed E-state index contributed by atoms with van der Waals surface area (Å²) in [7, 11) is 0. The molecule has 4 aromatic carbocycles. The number of benzene rings is 4. The van der Waals surface area contributed by atoms with Gasteiger partial charge in [0.05, 0.1) is 11.4 Å². The number of aryl methyl sites for hydroxylation is 1. The summed E-state index contributed by atoms with van der Waals surface area (Å²) in [5.41, 5.74) is 3.46. The summed E-state index contributed by atoms with van der Waals surface area (Å²) in [5.74, 6) is -0.0359. The third kappa shape index (κ3) is 5.73. The van der Waals surface area contributed by atoms with Gasteiger partial charge in [-0.3, -0.25) is 19.3 Å². The van der Waals surface area contributed by atoms with Crippen LogP contribution < -0.4 is 10.1 Å². The number of ether oxygens (including phenoxy) is 1. The zero-order valence-corrected chi connectivity index (χ0v) is 21.0. The fourth-order valence-corrected chi connectivity index (χ4v) is 4.96. The van der Waals surface area contributed by atoms with Crippen molar-refractivity contribution >= 4 is 51.4 Å². The number of amides is 3. The summed E-state index contributed by atoms with van der Waals surface area (Å²) in [6.07, 6.45) is 1.70. The van der Waals surface area contributed by atoms with Crippen molar-refractivity contribution in [2.45, 2.75) is 13.5 Å². The van der Waals surface area contributed by atoms with E-state index in [9.17, 15) is 14.4 Å². The molecule has 0 spiro atoms. The largest absolute Gasteiger partial charge is 0.484 e. The van der Waals surface area contributed by atoms with Crippen molar-refractivity contribution in [3.05, 3.63) is 113 Å². The molecule has 1 fully saturated rings. The molecule has 0 bridgehead atoms. The van der Waals surface area contributed by atoms with Crippen molar-refractivity contribution < 1.29 is 19.1 Å². The van der Waals surface area contributed by atoms with Crippen LogP contribution in [0.1, 0.15) is 16.7 Å². The molecule has 1 saturated heterocycles. The Hall–Kier alpha value is -4.36. The summed E-state index contributed by atoms with van der Waals surface area (Å²) < 4.78 is 5.58. The SMILES string of the molecule is Cc1cccc(NC(=O)COc2ccc(/C=C3\SC(=O)N(Cc4cccc5ccccc45)C3=O)cc2)c1. The normalized spacial score (nSPS) is 14.4. The van der Waals surface area contributed by atoms with Crippen molar-refractivity contribution in [1.29, 1.82) is 0 Å². The Morgan fingerprint density at radius 3 is 2.51 bits per heavy atom. The van der Waals surface area contributed by atoms with Crippen LogP contribution in [0.4, 0.5) is 10.5 Å². The zero-order valence-electron chi connectivity index (χ0n) is 20.1. The molecule has 0 aromatic heterocycles. The quantitative estimate of drug-likeness (QED) is 0.292. The van der Waals surface area contributed by atoms with Crippen LogP contribution in [0.15, 0.2) is 95.9 Å². The van der Waals surface area contributed by atoms with E-state index in [4.69, 9.17) is 4.74 Å². The summed E-state index contributed by atoms with van der Waals surface area (Å²) in [4.78, 5) is 39.5. The lowest BCUT2D eigenvalue weighted by atomic mass is 10.0. The average molecular weight is 509 g/mol. The van der Waals surface area contributed by atoms with E-state index in [0.29, 0.717) is 10.7 Å². The number of hydrogen-bond acceptors (Lipinski definition) is 5. The lowest BCUT2D eigenvalue weighted by Crippen LogP contribution is -2.27. The number of thioether (sulfide) groups is 1. The molecule has 5 rings (SSSR count). The molecule has 37 heavy (non-hydrogen) atoms. The van der Waals surface area contributed by atoms with Crippen LogP contribution in [0.25, 0.3) is 16.8 Å². The fraction of sp³-hybridized carbons (Fsp3) is 0.100. The molecule has 1 aliphatic rings. The summed E-state index contributed by atoms with van der Waals surface area (Å²) in [6, 6.07) is 28.4. The highest BCUT2D eigenvalue weighted by molar-refractivity contribution is 8.18. The molecule has 0 radical (unpaired) electrons. The minimum Gasteiger partial charge on any atom is -0.484 e. The van der Waals surface area contributed by atoms with Gasteiger partial charge >= 0.3 is 0 Å². The van der Waals surface area contributed by atoms with E-state index in [0.717, 1.165) is 44.9 Å². The zero-order chi connectivity index (χ0) is 25.8. The Kier molecular flexibility index (Phi) is 7.05. The lowest BCUT2D eigenvalue weighted by Gasteiger charge is -2.14. The monoisotopic (exact) mass is 508 g/mol. The second-order valence-corrected chi connectivity index (χ2v) is 9.67. The highest BCUT2D eigenvalue weighted by Crippen LogP contribution is 2.34. The maximum absolute atomic E-state index is 13.0. The molecule has 4 aromatic rings. The van der Waals surface area contributed by atoms with E-state index in [1.54, 1.807) is 30.3 Å². The van der Waals surface area contributed by atoms with Gasteiger partial charge in [0.15, 0.2) is 6.61 Å². The van der Waals surface area contributed by atoms with Gasteiger partial charge in [-0.15, -0.1) is 0 Å². The molecule has 3 amide bonds. The maximum Gasteiger partial charge on any atom is 0.293 e. The van der Waals surface area contributed by atoms with Gasteiger partial charge in [0, 0.05) is 5.69 Å². The molecule has 1 heterocycles. The molecule has 0 aliphatic carbocycles. The first-order chi connectivity index (χ1) is 18.0. The Morgan fingerprint density at radius 1 is 0.946 bits per heavy atom.